The van der Waals surface area contributed by atoms with E-state index in [1.165, 1.54) is 18.0 Å². The third-order valence-corrected chi connectivity index (χ3v) is 3.49. The van der Waals surface area contributed by atoms with Crippen LogP contribution in [0.2, 0.25) is 0 Å². The Balaban J connectivity index is 1.98. The average Bonchev–Trinajstić information content (AvgIpc) is 2.69. The number of nitrogens with zero attached hydrogens (tertiary/aromatic N) is 3. The lowest BCUT2D eigenvalue weighted by Gasteiger charge is -2.22. The number of carbonyl (C=O) groups is 1. The number of rotatable bonds is 2. The Morgan fingerprint density at radius 3 is 2.65 bits per heavy atom. The summed E-state index contributed by atoms with van der Waals surface area (Å²) in [6.45, 7) is 0.851. The smallest absolute Gasteiger partial charge is 0.338 e. The van der Waals surface area contributed by atoms with Crippen molar-refractivity contribution < 1.29 is 9.90 Å². The van der Waals surface area contributed by atoms with E-state index in [1.54, 1.807) is 0 Å². The Morgan fingerprint density at radius 1 is 1.15 bits per heavy atom. The average molecular weight is 269 g/mol. The lowest BCUT2D eigenvalue weighted by molar-refractivity contribution is 0.0696. The van der Waals surface area contributed by atoms with Gasteiger partial charge in [-0.15, -0.1) is 0 Å². The summed E-state index contributed by atoms with van der Waals surface area (Å²) in [5.74, 6) is -0.447. The Morgan fingerprint density at radius 2 is 1.90 bits per heavy atom. The highest BCUT2D eigenvalue weighted by atomic mass is 16.4. The first-order valence-electron chi connectivity index (χ1n) is 6.66. The molecule has 0 radical (unpaired) electrons. The van der Waals surface area contributed by atoms with E-state index < -0.39 is 5.97 Å². The van der Waals surface area contributed by atoms with Gasteiger partial charge in [0, 0.05) is 24.6 Å². The maximum atomic E-state index is 10.8. The molecule has 0 fully saturated rings. The van der Waals surface area contributed by atoms with Crippen molar-refractivity contribution in [3.8, 4) is 0 Å². The van der Waals surface area contributed by atoms with E-state index in [2.05, 4.69) is 27.0 Å². The zero-order valence-electron chi connectivity index (χ0n) is 11.0. The first-order chi connectivity index (χ1) is 9.75. The molecule has 0 spiro atoms. The number of hydrogen-bond donors (Lipinski definition) is 1. The molecule has 5 nitrogen and oxygen atoms in total. The third-order valence-electron chi connectivity index (χ3n) is 3.49. The zero-order valence-corrected chi connectivity index (χ0v) is 11.0. The van der Waals surface area contributed by atoms with Crippen LogP contribution in [0, 0.1) is 0 Å². The molecule has 0 saturated carbocycles. The van der Waals surface area contributed by atoms with Crippen LogP contribution in [0.15, 0.2) is 36.7 Å². The van der Waals surface area contributed by atoms with Crippen LogP contribution in [0.5, 0.6) is 0 Å². The van der Waals surface area contributed by atoms with Gasteiger partial charge in [0.1, 0.15) is 0 Å². The SMILES string of the molecule is O=C(O)c1cnc(N2CCCCc3ccccc32)nc1. The van der Waals surface area contributed by atoms with Crippen LogP contribution in [0.3, 0.4) is 0 Å². The van der Waals surface area contributed by atoms with Gasteiger partial charge in [-0.3, -0.25) is 0 Å². The monoisotopic (exact) mass is 269 g/mol. The van der Waals surface area contributed by atoms with Crippen LogP contribution in [-0.2, 0) is 6.42 Å². The molecular formula is C15H15N3O2. The van der Waals surface area contributed by atoms with Crippen LogP contribution < -0.4 is 4.90 Å². The predicted molar refractivity (Wildman–Crippen MR) is 75.4 cm³/mol. The minimum Gasteiger partial charge on any atom is -0.478 e. The maximum absolute atomic E-state index is 10.8. The lowest BCUT2D eigenvalue weighted by Crippen LogP contribution is -2.20. The fourth-order valence-corrected chi connectivity index (χ4v) is 2.47. The molecule has 1 aromatic heterocycles. The highest BCUT2D eigenvalue weighted by molar-refractivity contribution is 5.86. The summed E-state index contributed by atoms with van der Waals surface area (Å²) in [6, 6.07) is 8.23. The number of aryl methyl sites for hydroxylation is 1. The van der Waals surface area contributed by atoms with Gasteiger partial charge >= 0.3 is 5.97 Å². The second kappa shape index (κ2) is 5.28. The van der Waals surface area contributed by atoms with Crippen LogP contribution in [0.4, 0.5) is 11.6 Å². The molecule has 0 unspecified atom stereocenters. The van der Waals surface area contributed by atoms with Crippen molar-refractivity contribution in [1.82, 2.24) is 9.97 Å². The Bertz CT molecular complexity index is 625. The molecule has 102 valence electrons. The summed E-state index contributed by atoms with van der Waals surface area (Å²) in [5.41, 5.74) is 2.51. The van der Waals surface area contributed by atoms with Crippen molar-refractivity contribution in [2.24, 2.45) is 0 Å². The summed E-state index contributed by atoms with van der Waals surface area (Å²) in [4.78, 5) is 21.3. The molecule has 1 N–H and O–H groups in total. The van der Waals surface area contributed by atoms with E-state index in [4.69, 9.17) is 5.11 Å². The van der Waals surface area contributed by atoms with Gasteiger partial charge in [-0.1, -0.05) is 18.2 Å². The van der Waals surface area contributed by atoms with Crippen molar-refractivity contribution in [2.45, 2.75) is 19.3 Å². The minimum absolute atomic E-state index is 0.108. The molecule has 20 heavy (non-hydrogen) atoms. The van der Waals surface area contributed by atoms with Crippen LogP contribution in [-0.4, -0.2) is 27.6 Å². The highest BCUT2D eigenvalue weighted by Gasteiger charge is 2.18. The number of para-hydroxylation sites is 1. The first kappa shape index (κ1) is 12.6. The molecule has 5 heteroatoms. The van der Waals surface area contributed by atoms with Gasteiger partial charge in [0.05, 0.1) is 5.56 Å². The molecule has 2 heterocycles. The molecule has 3 rings (SSSR count). The van der Waals surface area contributed by atoms with E-state index >= 15 is 0 Å². The lowest BCUT2D eigenvalue weighted by atomic mass is 10.1. The van der Waals surface area contributed by atoms with Crippen LogP contribution in [0.25, 0.3) is 0 Å². The fourth-order valence-electron chi connectivity index (χ4n) is 2.47. The Kier molecular flexibility index (Phi) is 3.33. The molecule has 0 atom stereocenters. The van der Waals surface area contributed by atoms with Gasteiger partial charge in [0.15, 0.2) is 0 Å². The summed E-state index contributed by atoms with van der Waals surface area (Å²) >= 11 is 0. The van der Waals surface area contributed by atoms with Gasteiger partial charge in [-0.05, 0) is 30.9 Å². The van der Waals surface area contributed by atoms with E-state index in [-0.39, 0.29) is 5.56 Å². The van der Waals surface area contributed by atoms with Crippen molar-refractivity contribution >= 4 is 17.6 Å². The number of carboxylic acids is 1. The standard InChI is InChI=1S/C15H15N3O2/c19-14(20)12-9-16-15(17-10-12)18-8-4-3-6-11-5-1-2-7-13(11)18/h1-2,5,7,9-10H,3-4,6,8H2,(H,19,20). The van der Waals surface area contributed by atoms with Gasteiger partial charge in [0.25, 0.3) is 0 Å². The topological polar surface area (TPSA) is 66.3 Å². The third kappa shape index (κ3) is 2.34. The van der Waals surface area contributed by atoms with E-state index in [9.17, 15) is 4.79 Å². The molecule has 0 bridgehead atoms. The highest BCUT2D eigenvalue weighted by Crippen LogP contribution is 2.30. The zero-order chi connectivity index (χ0) is 13.9. The van der Waals surface area contributed by atoms with Crippen LogP contribution >= 0.6 is 0 Å². The summed E-state index contributed by atoms with van der Waals surface area (Å²) < 4.78 is 0. The molecule has 1 aliphatic rings. The number of fused-ring (bicyclic) bond motifs is 1. The van der Waals surface area contributed by atoms with Crippen molar-refractivity contribution in [1.29, 1.82) is 0 Å². The molecule has 2 aromatic rings. The second-order valence-corrected chi connectivity index (χ2v) is 4.81. The van der Waals surface area contributed by atoms with Gasteiger partial charge in [0.2, 0.25) is 5.95 Å². The molecule has 0 aliphatic carbocycles. The summed E-state index contributed by atoms with van der Waals surface area (Å²) in [5, 5.41) is 8.90. The van der Waals surface area contributed by atoms with Gasteiger partial charge in [-0.2, -0.15) is 0 Å². The number of anilines is 2. The summed E-state index contributed by atoms with van der Waals surface area (Å²) in [6.07, 6.45) is 5.98. The van der Waals surface area contributed by atoms with E-state index in [1.807, 2.05) is 12.1 Å². The molecular weight excluding hydrogens is 254 g/mol. The quantitative estimate of drug-likeness (QED) is 0.907. The largest absolute Gasteiger partial charge is 0.478 e. The molecule has 0 saturated heterocycles. The maximum Gasteiger partial charge on any atom is 0.338 e. The van der Waals surface area contributed by atoms with Crippen LogP contribution in [0.1, 0.15) is 28.8 Å². The number of hydrogen-bond acceptors (Lipinski definition) is 4. The van der Waals surface area contributed by atoms with Crippen molar-refractivity contribution in [3.05, 3.63) is 47.8 Å². The second-order valence-electron chi connectivity index (χ2n) is 4.81. The van der Waals surface area contributed by atoms with Gasteiger partial charge in [-0.25, -0.2) is 14.8 Å². The van der Waals surface area contributed by atoms with Gasteiger partial charge < -0.3 is 10.0 Å². The van der Waals surface area contributed by atoms with E-state index in [0.717, 1.165) is 31.5 Å². The minimum atomic E-state index is -1.01. The van der Waals surface area contributed by atoms with E-state index in [0.29, 0.717) is 5.95 Å². The molecule has 1 aromatic carbocycles. The van der Waals surface area contributed by atoms with Crippen molar-refractivity contribution in [2.75, 3.05) is 11.4 Å². The Labute approximate surface area is 116 Å². The Hall–Kier alpha value is -2.43. The number of aromatic carboxylic acids is 1. The first-order valence-corrected chi connectivity index (χ1v) is 6.66. The number of aromatic nitrogens is 2. The number of benzene rings is 1. The number of carboxylic acid groups (broad SMARTS) is 1. The normalized spacial score (nSPS) is 14.5. The predicted octanol–water partition coefficient (Wildman–Crippen LogP) is 2.65. The fraction of sp³-hybridized carbons (Fsp3) is 0.267. The molecule has 1 aliphatic heterocycles. The summed E-state index contributed by atoms with van der Waals surface area (Å²) in [7, 11) is 0. The molecule has 0 amide bonds. The van der Waals surface area contributed by atoms with Crippen molar-refractivity contribution in [3.63, 3.8) is 0 Å².